The number of hydrogen-bond donors (Lipinski definition) is 0. The monoisotopic (exact) mass is 1710 g/mol. The molecule has 0 saturated heterocycles. The molecule has 30 nitrogen and oxygen atoms in total. The van der Waals surface area contributed by atoms with E-state index in [2.05, 4.69) is 0 Å². The van der Waals surface area contributed by atoms with Crippen LogP contribution in [0, 0.1) is 23.7 Å². The molecule has 0 aliphatic rings. The molecule has 4 unspecified atom stereocenters. The highest BCUT2D eigenvalue weighted by atomic mass is 17.3. The third kappa shape index (κ3) is 25.1. The van der Waals surface area contributed by atoms with Crippen LogP contribution in [0.2, 0.25) is 0 Å². The van der Waals surface area contributed by atoms with Gasteiger partial charge in [0.2, 0.25) is 0 Å². The molecule has 0 aliphatic heterocycles. The van der Waals surface area contributed by atoms with Crippen LogP contribution < -0.4 is 0 Å². The van der Waals surface area contributed by atoms with Crippen molar-refractivity contribution in [3.63, 3.8) is 0 Å². The van der Waals surface area contributed by atoms with Gasteiger partial charge in [-0.15, -0.1) is 0 Å². The van der Waals surface area contributed by atoms with Crippen LogP contribution in [0.5, 0.6) is 0 Å². The zero-order valence-corrected chi connectivity index (χ0v) is 66.4. The van der Waals surface area contributed by atoms with E-state index in [1.165, 1.54) is 72.8 Å². The summed E-state index contributed by atoms with van der Waals surface area (Å²) in [5.74, 6) is -14.0. The third-order valence-electron chi connectivity index (χ3n) is 19.3. The van der Waals surface area contributed by atoms with Crippen LogP contribution in [0.15, 0.2) is 328 Å². The lowest BCUT2D eigenvalue weighted by atomic mass is 9.74. The van der Waals surface area contributed by atoms with Crippen molar-refractivity contribution in [2.45, 2.75) is 12.8 Å². The highest BCUT2D eigenvalue weighted by Gasteiger charge is 2.41. The maximum atomic E-state index is 14.3. The Morgan fingerprint density at radius 1 is 0.175 bits per heavy atom. The zero-order valence-electron chi connectivity index (χ0n) is 66.4. The van der Waals surface area contributed by atoms with E-state index in [4.69, 9.17) is 87.1 Å². The van der Waals surface area contributed by atoms with E-state index in [9.17, 15) is 57.5 Å². The Labute approximate surface area is 717 Å². The van der Waals surface area contributed by atoms with E-state index < -0.39 is 149 Å². The van der Waals surface area contributed by atoms with E-state index in [1.807, 2.05) is 0 Å². The van der Waals surface area contributed by atoms with Gasteiger partial charge in [0.05, 0.1) is 73.0 Å². The summed E-state index contributed by atoms with van der Waals surface area (Å²) in [4.78, 5) is 227. The molecule has 0 heterocycles. The molecule has 0 N–H and O–H groups in total. The molecule has 126 heavy (non-hydrogen) atoms. The van der Waals surface area contributed by atoms with Crippen LogP contribution in [0.4, 0.5) is 28.8 Å². The van der Waals surface area contributed by atoms with Gasteiger partial charge in [0.25, 0.3) is 0 Å². The summed E-state index contributed by atoms with van der Waals surface area (Å²) < 4.78 is 33.8. The first-order valence-electron chi connectivity index (χ1n) is 38.7. The molecule has 30 heteroatoms. The summed E-state index contributed by atoms with van der Waals surface area (Å²) in [6.45, 7) is -6.12. The van der Waals surface area contributed by atoms with Gasteiger partial charge in [-0.1, -0.05) is 291 Å². The van der Waals surface area contributed by atoms with Gasteiger partial charge in [-0.25, -0.2) is 87.4 Å². The topological polar surface area (TPSA) is 371 Å². The number of benzene rings is 12. The molecule has 0 spiro atoms. The quantitative estimate of drug-likeness (QED) is 0.0182. The Bertz CT molecular complexity index is 5410. The van der Waals surface area contributed by atoms with Crippen LogP contribution in [0.1, 0.15) is 75.0 Å². The van der Waals surface area contributed by atoms with Crippen LogP contribution in [0.25, 0.3) is 66.8 Å². The number of hydrogen-bond acceptors (Lipinski definition) is 30. The lowest BCUT2D eigenvalue weighted by Gasteiger charge is -2.36. The van der Waals surface area contributed by atoms with Crippen molar-refractivity contribution < 1.29 is 145 Å². The SMILES string of the molecule is O=C(OCCC(COC(=O)OOC(=O)c1ccccc1-c1ccccc1)C(COC(=O)OOC(=O)c1ccccc1-c1ccccc1)C(COC(=O)OOC(=O)c1ccccc1-c1ccccc1)C(CCOC(=O)OOC(=O)c1ccccc1-c1ccccc1)COC(=O)OOC(=O)c1ccccc1-c1ccccc1)OOC(=O)c1ccccc1-c1ccccc1. The molecule has 0 radical (unpaired) electrons. The van der Waals surface area contributed by atoms with E-state index >= 15 is 0 Å². The first kappa shape index (κ1) is 88.4. The van der Waals surface area contributed by atoms with Crippen molar-refractivity contribution in [2.24, 2.45) is 23.7 Å². The second kappa shape index (κ2) is 45.5. The van der Waals surface area contributed by atoms with Gasteiger partial charge in [0.1, 0.15) is 0 Å². The molecule has 12 aromatic carbocycles. The summed E-state index contributed by atoms with van der Waals surface area (Å²) in [6, 6.07) is 88.4. The van der Waals surface area contributed by atoms with Crippen molar-refractivity contribution in [3.8, 4) is 66.8 Å². The number of carbonyl (C=O) groups excluding carboxylic acids is 12. The first-order valence-corrected chi connectivity index (χ1v) is 38.7. The summed E-state index contributed by atoms with van der Waals surface area (Å²) in [7, 11) is 0. The third-order valence-corrected chi connectivity index (χ3v) is 19.3. The molecule has 0 amide bonds. The lowest BCUT2D eigenvalue weighted by Crippen LogP contribution is -2.41. The summed E-state index contributed by atoms with van der Waals surface area (Å²) in [5, 5.41) is 0. The fraction of sp³-hybridized carbons (Fsp3) is 0.125. The lowest BCUT2D eigenvalue weighted by molar-refractivity contribution is -0.212. The molecular formula is C96H74O30. The number of carbonyl (C=O) groups is 12. The van der Waals surface area contributed by atoms with Crippen molar-refractivity contribution >= 4 is 72.7 Å². The van der Waals surface area contributed by atoms with Gasteiger partial charge in [0.15, 0.2) is 0 Å². The van der Waals surface area contributed by atoms with E-state index in [-0.39, 0.29) is 33.4 Å². The maximum Gasteiger partial charge on any atom is 0.549 e. The molecule has 0 aliphatic carbocycles. The molecule has 4 atom stereocenters. The second-order valence-corrected chi connectivity index (χ2v) is 27.1. The Morgan fingerprint density at radius 2 is 0.333 bits per heavy atom. The Balaban J connectivity index is 0.890. The Hall–Kier alpha value is -16.9. The van der Waals surface area contributed by atoms with Crippen LogP contribution in [-0.4, -0.2) is 112 Å². The van der Waals surface area contributed by atoms with Crippen molar-refractivity contribution in [2.75, 3.05) is 39.6 Å². The zero-order chi connectivity index (χ0) is 88.2. The average Bonchev–Trinajstić information content (AvgIpc) is 0.791. The van der Waals surface area contributed by atoms with Crippen LogP contribution >= 0.6 is 0 Å². The molecular weight excluding hydrogens is 1630 g/mol. The van der Waals surface area contributed by atoms with Gasteiger partial charge in [-0.2, -0.15) is 28.8 Å². The van der Waals surface area contributed by atoms with Gasteiger partial charge in [0, 0.05) is 23.7 Å². The largest absolute Gasteiger partial charge is 0.549 e. The minimum Gasteiger partial charge on any atom is -0.432 e. The molecule has 638 valence electrons. The Kier molecular flexibility index (Phi) is 31.9. The Morgan fingerprint density at radius 3 is 0.524 bits per heavy atom. The summed E-state index contributed by atoms with van der Waals surface area (Å²) in [6.07, 6.45) is -11.7. The van der Waals surface area contributed by atoms with Crippen LogP contribution in [-0.2, 0) is 87.1 Å². The minimum absolute atomic E-state index is 0.0488. The van der Waals surface area contributed by atoms with Crippen molar-refractivity contribution in [1.29, 1.82) is 0 Å². The average molecular weight is 1710 g/mol. The summed E-state index contributed by atoms with van der Waals surface area (Å²) in [5.41, 5.74) is 5.08. The standard InChI is InChI=1S/C96H74O30/c97-85(77-49-25-19-43-71(77)63-31-7-1-8-32-63)115-121-91(103)109-57-55-69(59-111-93(105)123-117-87(99)79-51-27-21-45-73(79)65-35-11-3-12-36-65)83(61-113-95(107)125-119-89(101)81-53-29-23-47-75(81)67-39-15-5-16-40-67)84(62-114-96(108)126-120-90(102)82-54-30-24-48-76(82)68-41-17-6-18-42-68)70(60-112-94(106)124-118-88(100)80-52-28-22-46-74(80)66-37-13-4-14-38-66)56-58-110-92(104)122-116-86(98)78-50-26-20-44-72(78)64-33-9-2-10-34-64/h1-54,69-70,83-84H,55-62H2. The molecule has 0 aromatic heterocycles. The predicted octanol–water partition coefficient (Wildman–Crippen LogP) is 19.8. The second-order valence-electron chi connectivity index (χ2n) is 27.1. The predicted molar refractivity (Wildman–Crippen MR) is 442 cm³/mol. The molecule has 12 aromatic rings. The molecule has 12 rings (SSSR count). The van der Waals surface area contributed by atoms with Crippen molar-refractivity contribution in [3.05, 3.63) is 361 Å². The number of ether oxygens (including phenoxy) is 6. The van der Waals surface area contributed by atoms with E-state index in [0.29, 0.717) is 66.8 Å². The fourth-order valence-electron chi connectivity index (χ4n) is 13.4. The highest BCUT2D eigenvalue weighted by Crippen LogP contribution is 2.37. The van der Waals surface area contributed by atoms with E-state index in [0.717, 1.165) is 0 Å². The normalized spacial score (nSPS) is 11.5. The minimum atomic E-state index is -1.79. The molecule has 0 saturated carbocycles. The van der Waals surface area contributed by atoms with Gasteiger partial charge in [-0.3, -0.25) is 0 Å². The smallest absolute Gasteiger partial charge is 0.432 e. The number of rotatable bonds is 29. The highest BCUT2D eigenvalue weighted by molar-refractivity contribution is 6.01. The summed E-state index contributed by atoms with van der Waals surface area (Å²) >= 11 is 0. The fourth-order valence-corrected chi connectivity index (χ4v) is 13.4. The first-order chi connectivity index (χ1) is 61.5. The molecule has 0 fully saturated rings. The van der Waals surface area contributed by atoms with Crippen LogP contribution in [0.3, 0.4) is 0 Å². The van der Waals surface area contributed by atoms with E-state index in [1.54, 1.807) is 255 Å². The van der Waals surface area contributed by atoms with Crippen molar-refractivity contribution in [1.82, 2.24) is 0 Å². The van der Waals surface area contributed by atoms with Gasteiger partial charge < -0.3 is 28.4 Å². The maximum absolute atomic E-state index is 14.3. The van der Waals surface area contributed by atoms with Gasteiger partial charge >= 0.3 is 72.7 Å². The molecule has 0 bridgehead atoms. The van der Waals surface area contributed by atoms with Gasteiger partial charge in [-0.05, 0) is 116 Å².